The van der Waals surface area contributed by atoms with Crippen LogP contribution in [-0.2, 0) is 19.6 Å². The molecule has 0 amide bonds. The summed E-state index contributed by atoms with van der Waals surface area (Å²) in [4.78, 5) is 11.3. The Morgan fingerprint density at radius 1 is 1.10 bits per heavy atom. The SMILES string of the molecule is C/C=C/C(=O)OC(CCCCCCCCCC)S(=O)(=O)O. The molecule has 5 nitrogen and oxygen atoms in total. The van der Waals surface area contributed by atoms with Gasteiger partial charge in [-0.2, -0.15) is 8.42 Å². The third-order valence-electron chi connectivity index (χ3n) is 3.18. The molecule has 0 bridgehead atoms. The molecule has 0 radical (unpaired) electrons. The van der Waals surface area contributed by atoms with E-state index in [4.69, 9.17) is 9.29 Å². The van der Waals surface area contributed by atoms with Crippen LogP contribution in [0.2, 0.25) is 0 Å². The predicted molar refractivity (Wildman–Crippen MR) is 83.5 cm³/mol. The van der Waals surface area contributed by atoms with Gasteiger partial charge in [-0.15, -0.1) is 0 Å². The van der Waals surface area contributed by atoms with Crippen LogP contribution in [0.25, 0.3) is 0 Å². The first kappa shape index (κ1) is 20.1. The van der Waals surface area contributed by atoms with E-state index in [9.17, 15) is 13.2 Å². The molecule has 0 rings (SSSR count). The molecule has 0 aliphatic rings. The van der Waals surface area contributed by atoms with E-state index < -0.39 is 21.5 Å². The summed E-state index contributed by atoms with van der Waals surface area (Å²) in [6.07, 6.45) is 11.3. The summed E-state index contributed by atoms with van der Waals surface area (Å²) in [5, 5.41) is 0. The van der Waals surface area contributed by atoms with Gasteiger partial charge in [0.2, 0.25) is 5.44 Å². The van der Waals surface area contributed by atoms with Gasteiger partial charge in [0.05, 0.1) is 0 Å². The molecule has 0 aromatic rings. The third kappa shape index (κ3) is 11.5. The lowest BCUT2D eigenvalue weighted by atomic mass is 10.1. The molecule has 0 fully saturated rings. The van der Waals surface area contributed by atoms with E-state index in [1.54, 1.807) is 6.92 Å². The summed E-state index contributed by atoms with van der Waals surface area (Å²) >= 11 is 0. The number of ether oxygens (including phenoxy) is 1. The smallest absolute Gasteiger partial charge is 0.331 e. The zero-order chi connectivity index (χ0) is 16.1. The van der Waals surface area contributed by atoms with Crippen molar-refractivity contribution >= 4 is 16.1 Å². The molecule has 1 atom stereocenters. The Labute approximate surface area is 128 Å². The molecule has 0 aromatic heterocycles. The number of hydrogen-bond donors (Lipinski definition) is 1. The number of esters is 1. The molecule has 1 unspecified atom stereocenters. The van der Waals surface area contributed by atoms with Crippen molar-refractivity contribution in [2.45, 2.75) is 77.1 Å². The van der Waals surface area contributed by atoms with E-state index in [2.05, 4.69) is 6.92 Å². The first-order valence-electron chi connectivity index (χ1n) is 7.71. The Morgan fingerprint density at radius 3 is 2.10 bits per heavy atom. The van der Waals surface area contributed by atoms with Crippen LogP contribution in [0, 0.1) is 0 Å². The summed E-state index contributed by atoms with van der Waals surface area (Å²) in [5.41, 5.74) is -1.46. The van der Waals surface area contributed by atoms with Crippen molar-refractivity contribution in [3.8, 4) is 0 Å². The topological polar surface area (TPSA) is 80.7 Å². The van der Waals surface area contributed by atoms with Crippen LogP contribution < -0.4 is 0 Å². The normalized spacial score (nSPS) is 13.5. The minimum atomic E-state index is -4.36. The van der Waals surface area contributed by atoms with Gasteiger partial charge in [-0.25, -0.2) is 4.79 Å². The standard InChI is InChI=1S/C15H28O5S/c1-3-5-6-7-8-9-10-11-13-15(21(17,18)19)20-14(16)12-4-2/h4,12,15H,3,5-11,13H2,1-2H3,(H,17,18,19)/b12-4+. The Kier molecular flexibility index (Phi) is 11.3. The second-order valence-corrected chi connectivity index (χ2v) is 6.70. The number of rotatable bonds is 12. The van der Waals surface area contributed by atoms with Crippen molar-refractivity contribution in [1.29, 1.82) is 0 Å². The van der Waals surface area contributed by atoms with Gasteiger partial charge < -0.3 is 4.74 Å². The molecule has 0 spiro atoms. The van der Waals surface area contributed by atoms with Crippen molar-refractivity contribution < 1.29 is 22.5 Å². The lowest BCUT2D eigenvalue weighted by Crippen LogP contribution is -2.26. The number of carbonyl (C=O) groups excluding carboxylic acids is 1. The lowest BCUT2D eigenvalue weighted by Gasteiger charge is -2.13. The second-order valence-electron chi connectivity index (χ2n) is 5.14. The number of carbonyl (C=O) groups is 1. The van der Waals surface area contributed by atoms with Gasteiger partial charge in [0.25, 0.3) is 0 Å². The molecule has 6 heteroatoms. The molecule has 0 saturated heterocycles. The van der Waals surface area contributed by atoms with Gasteiger partial charge in [0.1, 0.15) is 0 Å². The quantitative estimate of drug-likeness (QED) is 0.256. The van der Waals surface area contributed by atoms with Gasteiger partial charge >= 0.3 is 16.1 Å². The largest absolute Gasteiger partial charge is 0.440 e. The van der Waals surface area contributed by atoms with Crippen LogP contribution in [0.5, 0.6) is 0 Å². The van der Waals surface area contributed by atoms with Gasteiger partial charge in [-0.1, -0.05) is 57.9 Å². The first-order valence-corrected chi connectivity index (χ1v) is 9.21. The average molecular weight is 320 g/mol. The molecule has 21 heavy (non-hydrogen) atoms. The second kappa shape index (κ2) is 11.7. The van der Waals surface area contributed by atoms with E-state index in [0.717, 1.165) is 25.3 Å². The monoisotopic (exact) mass is 320 g/mol. The molecule has 1 N–H and O–H groups in total. The summed E-state index contributed by atoms with van der Waals surface area (Å²) in [7, 11) is -4.36. The van der Waals surface area contributed by atoms with Crippen LogP contribution in [-0.4, -0.2) is 24.4 Å². The average Bonchev–Trinajstić information content (AvgIpc) is 2.39. The molecule has 124 valence electrons. The van der Waals surface area contributed by atoms with Crippen LogP contribution in [0.1, 0.15) is 71.6 Å². The van der Waals surface area contributed by atoms with Crippen molar-refractivity contribution in [3.63, 3.8) is 0 Å². The van der Waals surface area contributed by atoms with Crippen LogP contribution >= 0.6 is 0 Å². The van der Waals surface area contributed by atoms with Crippen LogP contribution in [0.4, 0.5) is 0 Å². The fourth-order valence-corrected chi connectivity index (χ4v) is 2.70. The maximum Gasteiger partial charge on any atom is 0.331 e. The molecular weight excluding hydrogens is 292 g/mol. The number of unbranched alkanes of at least 4 members (excludes halogenated alkanes) is 7. The van der Waals surface area contributed by atoms with E-state index in [1.807, 2.05) is 0 Å². The number of allylic oxidation sites excluding steroid dienone is 1. The summed E-state index contributed by atoms with van der Waals surface area (Å²) in [5.74, 6) is -0.750. The first-order chi connectivity index (χ1) is 9.91. The van der Waals surface area contributed by atoms with E-state index in [0.29, 0.717) is 6.42 Å². The highest BCUT2D eigenvalue weighted by Gasteiger charge is 2.25. The van der Waals surface area contributed by atoms with E-state index in [1.165, 1.54) is 31.8 Å². The Morgan fingerprint density at radius 2 is 1.62 bits per heavy atom. The highest BCUT2D eigenvalue weighted by molar-refractivity contribution is 7.86. The summed E-state index contributed by atoms with van der Waals surface area (Å²) < 4.78 is 36.1. The minimum absolute atomic E-state index is 0.136. The van der Waals surface area contributed by atoms with Crippen molar-refractivity contribution in [2.24, 2.45) is 0 Å². The molecule has 0 aromatic carbocycles. The Hall–Kier alpha value is -0.880. The highest BCUT2D eigenvalue weighted by Crippen LogP contribution is 2.15. The Bertz CT molecular complexity index is 400. The molecule has 0 aliphatic carbocycles. The van der Waals surface area contributed by atoms with Crippen molar-refractivity contribution in [2.75, 3.05) is 0 Å². The molecule has 0 aliphatic heterocycles. The van der Waals surface area contributed by atoms with Gasteiger partial charge in [-0.3, -0.25) is 4.55 Å². The summed E-state index contributed by atoms with van der Waals surface area (Å²) in [6, 6.07) is 0. The van der Waals surface area contributed by atoms with Gasteiger partial charge in [-0.05, 0) is 13.3 Å². The fourth-order valence-electron chi connectivity index (χ4n) is 2.02. The van der Waals surface area contributed by atoms with Gasteiger partial charge in [0, 0.05) is 12.5 Å². The van der Waals surface area contributed by atoms with Crippen LogP contribution in [0.15, 0.2) is 12.2 Å². The molecule has 0 saturated carbocycles. The van der Waals surface area contributed by atoms with Crippen molar-refractivity contribution in [3.05, 3.63) is 12.2 Å². The highest BCUT2D eigenvalue weighted by atomic mass is 32.2. The minimum Gasteiger partial charge on any atom is -0.440 e. The molecular formula is C15H28O5S. The van der Waals surface area contributed by atoms with Gasteiger partial charge in [0.15, 0.2) is 0 Å². The maximum absolute atomic E-state index is 11.3. The Balaban J connectivity index is 3.96. The van der Waals surface area contributed by atoms with Crippen molar-refractivity contribution in [1.82, 2.24) is 0 Å². The van der Waals surface area contributed by atoms with E-state index >= 15 is 0 Å². The lowest BCUT2D eigenvalue weighted by molar-refractivity contribution is -0.140. The zero-order valence-corrected chi connectivity index (χ0v) is 13.9. The summed E-state index contributed by atoms with van der Waals surface area (Å²) in [6.45, 7) is 3.80. The number of hydrogen-bond acceptors (Lipinski definition) is 4. The third-order valence-corrected chi connectivity index (χ3v) is 4.17. The van der Waals surface area contributed by atoms with Crippen LogP contribution in [0.3, 0.4) is 0 Å². The zero-order valence-electron chi connectivity index (χ0n) is 13.1. The maximum atomic E-state index is 11.3. The molecule has 0 heterocycles. The fraction of sp³-hybridized carbons (Fsp3) is 0.800. The van der Waals surface area contributed by atoms with E-state index in [-0.39, 0.29) is 6.42 Å². The predicted octanol–water partition coefficient (Wildman–Crippen LogP) is 3.85.